The third kappa shape index (κ3) is 2.39. The lowest BCUT2D eigenvalue weighted by Gasteiger charge is -2.48. The van der Waals surface area contributed by atoms with E-state index < -0.39 is 0 Å². The van der Waals surface area contributed by atoms with E-state index in [9.17, 15) is 0 Å². The van der Waals surface area contributed by atoms with Gasteiger partial charge in [0.05, 0.1) is 7.11 Å². The first-order valence-electron chi connectivity index (χ1n) is 7.56. The highest BCUT2D eigenvalue weighted by atomic mass is 16.5. The summed E-state index contributed by atoms with van der Waals surface area (Å²) >= 11 is 0. The Labute approximate surface area is 121 Å². The summed E-state index contributed by atoms with van der Waals surface area (Å²) < 4.78 is 11.7. The van der Waals surface area contributed by atoms with Crippen LogP contribution < -0.4 is 15.2 Å². The zero-order valence-corrected chi connectivity index (χ0v) is 12.7. The summed E-state index contributed by atoms with van der Waals surface area (Å²) in [6, 6.07) is 6.03. The monoisotopic (exact) mass is 275 g/mol. The molecule has 0 aromatic heterocycles. The van der Waals surface area contributed by atoms with Gasteiger partial charge in [-0.05, 0) is 49.3 Å². The standard InChI is InChI=1S/C17H25NO2/c1-16(2)7-4-8-17(11-16)10-14(18)13-9-12(19-3)5-6-15(13)20-17/h5-6,9,14H,4,7-8,10-11,18H2,1-3H3/t14-,17?/m0/s1. The highest BCUT2D eigenvalue weighted by Gasteiger charge is 2.45. The van der Waals surface area contributed by atoms with Crippen molar-refractivity contribution in [1.82, 2.24) is 0 Å². The average Bonchev–Trinajstić information content (AvgIpc) is 2.37. The van der Waals surface area contributed by atoms with Crippen LogP contribution in [0.15, 0.2) is 18.2 Å². The van der Waals surface area contributed by atoms with Gasteiger partial charge in [0.2, 0.25) is 0 Å². The molecule has 1 aromatic rings. The van der Waals surface area contributed by atoms with Crippen molar-refractivity contribution in [2.24, 2.45) is 11.1 Å². The largest absolute Gasteiger partial charge is 0.497 e. The maximum absolute atomic E-state index is 6.43. The van der Waals surface area contributed by atoms with Crippen LogP contribution in [0.2, 0.25) is 0 Å². The summed E-state index contributed by atoms with van der Waals surface area (Å²) in [5.41, 5.74) is 7.79. The topological polar surface area (TPSA) is 44.5 Å². The fourth-order valence-electron chi connectivity index (χ4n) is 4.02. The highest BCUT2D eigenvalue weighted by Crippen LogP contribution is 2.50. The molecule has 3 rings (SSSR count). The van der Waals surface area contributed by atoms with Crippen LogP contribution in [0.3, 0.4) is 0 Å². The van der Waals surface area contributed by atoms with Gasteiger partial charge < -0.3 is 15.2 Å². The molecule has 1 aromatic carbocycles. The summed E-state index contributed by atoms with van der Waals surface area (Å²) in [6.07, 6.45) is 5.64. The normalized spacial score (nSPS) is 31.5. The number of hydrogen-bond acceptors (Lipinski definition) is 3. The third-order valence-corrected chi connectivity index (χ3v) is 4.82. The van der Waals surface area contributed by atoms with Crippen LogP contribution in [0.5, 0.6) is 11.5 Å². The Morgan fingerprint density at radius 2 is 2.10 bits per heavy atom. The second-order valence-corrected chi connectivity index (χ2v) is 7.19. The van der Waals surface area contributed by atoms with E-state index in [4.69, 9.17) is 15.2 Å². The fraction of sp³-hybridized carbons (Fsp3) is 0.647. The molecule has 2 aliphatic rings. The van der Waals surface area contributed by atoms with Gasteiger partial charge in [0.25, 0.3) is 0 Å². The molecule has 20 heavy (non-hydrogen) atoms. The van der Waals surface area contributed by atoms with Crippen molar-refractivity contribution in [2.75, 3.05) is 7.11 Å². The molecule has 1 unspecified atom stereocenters. The minimum absolute atomic E-state index is 0.0442. The summed E-state index contributed by atoms with van der Waals surface area (Å²) in [5.74, 6) is 1.80. The second-order valence-electron chi connectivity index (χ2n) is 7.19. The smallest absolute Gasteiger partial charge is 0.125 e. The van der Waals surface area contributed by atoms with Crippen LogP contribution >= 0.6 is 0 Å². The zero-order valence-electron chi connectivity index (χ0n) is 12.7. The number of benzene rings is 1. The quantitative estimate of drug-likeness (QED) is 0.847. The molecule has 1 saturated carbocycles. The Balaban J connectivity index is 1.92. The van der Waals surface area contributed by atoms with E-state index in [1.165, 1.54) is 12.8 Å². The highest BCUT2D eigenvalue weighted by molar-refractivity contribution is 5.44. The van der Waals surface area contributed by atoms with Crippen molar-refractivity contribution in [1.29, 1.82) is 0 Å². The van der Waals surface area contributed by atoms with Crippen molar-refractivity contribution in [3.05, 3.63) is 23.8 Å². The molecule has 0 bridgehead atoms. The van der Waals surface area contributed by atoms with E-state index >= 15 is 0 Å². The van der Waals surface area contributed by atoms with E-state index in [0.29, 0.717) is 5.41 Å². The lowest BCUT2D eigenvalue weighted by molar-refractivity contribution is -0.0386. The van der Waals surface area contributed by atoms with Crippen molar-refractivity contribution < 1.29 is 9.47 Å². The van der Waals surface area contributed by atoms with Gasteiger partial charge in [0.15, 0.2) is 0 Å². The van der Waals surface area contributed by atoms with Crippen LogP contribution in [-0.4, -0.2) is 12.7 Å². The Kier molecular flexibility index (Phi) is 3.20. The van der Waals surface area contributed by atoms with Crippen LogP contribution in [0.1, 0.15) is 57.6 Å². The first kappa shape index (κ1) is 13.7. The first-order chi connectivity index (χ1) is 9.43. The van der Waals surface area contributed by atoms with Gasteiger partial charge in [-0.1, -0.05) is 13.8 Å². The van der Waals surface area contributed by atoms with E-state index in [2.05, 4.69) is 13.8 Å². The molecule has 1 aliphatic carbocycles. The van der Waals surface area contributed by atoms with Crippen molar-refractivity contribution in [3.8, 4) is 11.5 Å². The predicted octanol–water partition coefficient (Wildman–Crippen LogP) is 3.82. The lowest BCUT2D eigenvalue weighted by atomic mass is 9.66. The van der Waals surface area contributed by atoms with E-state index in [1.54, 1.807) is 7.11 Å². The summed E-state index contributed by atoms with van der Waals surface area (Å²) in [5, 5.41) is 0. The van der Waals surface area contributed by atoms with Gasteiger partial charge in [-0.2, -0.15) is 0 Å². The van der Waals surface area contributed by atoms with Crippen LogP contribution in [0.4, 0.5) is 0 Å². The lowest BCUT2D eigenvalue weighted by Crippen LogP contribution is -2.48. The van der Waals surface area contributed by atoms with Crippen molar-refractivity contribution in [3.63, 3.8) is 0 Å². The minimum atomic E-state index is -0.0667. The third-order valence-electron chi connectivity index (χ3n) is 4.82. The van der Waals surface area contributed by atoms with Gasteiger partial charge in [-0.15, -0.1) is 0 Å². The van der Waals surface area contributed by atoms with E-state index in [0.717, 1.165) is 36.3 Å². The van der Waals surface area contributed by atoms with E-state index in [-0.39, 0.29) is 11.6 Å². The number of nitrogens with two attached hydrogens (primary N) is 1. The second kappa shape index (κ2) is 4.66. The maximum Gasteiger partial charge on any atom is 0.125 e. The molecule has 110 valence electrons. The molecule has 3 heteroatoms. The molecular weight excluding hydrogens is 250 g/mol. The van der Waals surface area contributed by atoms with Crippen LogP contribution in [0, 0.1) is 5.41 Å². The summed E-state index contributed by atoms with van der Waals surface area (Å²) in [7, 11) is 1.68. The molecule has 0 radical (unpaired) electrons. The van der Waals surface area contributed by atoms with E-state index in [1.807, 2.05) is 18.2 Å². The van der Waals surface area contributed by atoms with Crippen molar-refractivity contribution >= 4 is 0 Å². The molecule has 1 fully saturated rings. The first-order valence-corrected chi connectivity index (χ1v) is 7.56. The number of rotatable bonds is 1. The molecule has 1 spiro atoms. The SMILES string of the molecule is COc1ccc2c(c1)[C@@H](N)CC1(CCCC(C)(C)C1)O2. The average molecular weight is 275 g/mol. The maximum atomic E-state index is 6.43. The molecule has 1 heterocycles. The molecule has 0 amide bonds. The fourth-order valence-corrected chi connectivity index (χ4v) is 4.02. The van der Waals surface area contributed by atoms with Crippen molar-refractivity contribution in [2.45, 2.75) is 57.6 Å². The Bertz CT molecular complexity index is 512. The number of fused-ring (bicyclic) bond motifs is 1. The van der Waals surface area contributed by atoms with Gasteiger partial charge in [0, 0.05) is 18.0 Å². The van der Waals surface area contributed by atoms with Crippen LogP contribution in [-0.2, 0) is 0 Å². The molecule has 2 N–H and O–H groups in total. The number of hydrogen-bond donors (Lipinski definition) is 1. The minimum Gasteiger partial charge on any atom is -0.497 e. The Morgan fingerprint density at radius 1 is 1.30 bits per heavy atom. The molecular formula is C17H25NO2. The number of ether oxygens (including phenoxy) is 2. The number of methoxy groups -OCH3 is 1. The Hall–Kier alpha value is -1.22. The summed E-state index contributed by atoms with van der Waals surface area (Å²) in [4.78, 5) is 0. The molecule has 3 nitrogen and oxygen atoms in total. The van der Waals surface area contributed by atoms with Gasteiger partial charge in [-0.3, -0.25) is 0 Å². The van der Waals surface area contributed by atoms with Crippen LogP contribution in [0.25, 0.3) is 0 Å². The Morgan fingerprint density at radius 3 is 2.80 bits per heavy atom. The zero-order chi connectivity index (χ0) is 14.4. The van der Waals surface area contributed by atoms with Gasteiger partial charge in [0.1, 0.15) is 17.1 Å². The molecule has 2 atom stereocenters. The predicted molar refractivity (Wildman–Crippen MR) is 80.1 cm³/mol. The van der Waals surface area contributed by atoms with Gasteiger partial charge >= 0.3 is 0 Å². The van der Waals surface area contributed by atoms with Gasteiger partial charge in [-0.25, -0.2) is 0 Å². The molecule has 0 saturated heterocycles. The summed E-state index contributed by atoms with van der Waals surface area (Å²) in [6.45, 7) is 4.68. The molecule has 1 aliphatic heterocycles.